The molecule has 0 unspecified atom stereocenters. The minimum atomic E-state index is 0.154. The van der Waals surface area contributed by atoms with Gasteiger partial charge < -0.3 is 5.32 Å². The number of nitrogens with zero attached hydrogens (tertiary/aromatic N) is 1. The molecular formula is C21H44N2O. The molecule has 1 N–H and O–H groups in total. The molecular weight excluding hydrogens is 296 g/mol. The van der Waals surface area contributed by atoms with Crippen LogP contribution in [-0.4, -0.2) is 37.5 Å². The summed E-state index contributed by atoms with van der Waals surface area (Å²) in [7, 11) is 1.74. The molecule has 0 fully saturated rings. The maximum Gasteiger partial charge on any atom is 0.233 e. The maximum atomic E-state index is 11.7. The SMILES string of the molecule is CCCCCCCCCN(CCCCCCCCC)CC(=O)NC. The molecule has 0 atom stereocenters. The number of rotatable bonds is 18. The molecule has 0 aliphatic carbocycles. The van der Waals surface area contributed by atoms with Crippen molar-refractivity contribution in [2.45, 2.75) is 104 Å². The van der Waals surface area contributed by atoms with E-state index in [2.05, 4.69) is 24.1 Å². The molecule has 0 saturated heterocycles. The van der Waals surface area contributed by atoms with Crippen LogP contribution in [0.4, 0.5) is 0 Å². The number of carbonyl (C=O) groups is 1. The maximum absolute atomic E-state index is 11.7. The standard InChI is InChI=1S/C21H44N2O/c1-4-6-8-10-12-14-16-18-23(20-21(24)22-3)19-17-15-13-11-9-7-5-2/h4-20H2,1-3H3,(H,22,24). The quantitative estimate of drug-likeness (QED) is 0.332. The van der Waals surface area contributed by atoms with Gasteiger partial charge in [-0.1, -0.05) is 90.9 Å². The summed E-state index contributed by atoms with van der Waals surface area (Å²) < 4.78 is 0. The Bertz CT molecular complexity index is 251. The first-order valence-corrected chi connectivity index (χ1v) is 10.7. The molecule has 0 aromatic heterocycles. The van der Waals surface area contributed by atoms with Crippen LogP contribution >= 0.6 is 0 Å². The van der Waals surface area contributed by atoms with Gasteiger partial charge in [0.2, 0.25) is 5.91 Å². The Morgan fingerprint density at radius 1 is 0.667 bits per heavy atom. The lowest BCUT2D eigenvalue weighted by Gasteiger charge is -2.21. The molecule has 0 heterocycles. The van der Waals surface area contributed by atoms with Gasteiger partial charge in [0.25, 0.3) is 0 Å². The summed E-state index contributed by atoms with van der Waals surface area (Å²) in [6, 6.07) is 0. The second-order valence-corrected chi connectivity index (χ2v) is 7.19. The van der Waals surface area contributed by atoms with Gasteiger partial charge in [-0.3, -0.25) is 9.69 Å². The fourth-order valence-corrected chi connectivity index (χ4v) is 3.14. The van der Waals surface area contributed by atoms with Crippen LogP contribution in [0, 0.1) is 0 Å². The van der Waals surface area contributed by atoms with Gasteiger partial charge in [0.15, 0.2) is 0 Å². The molecule has 0 rings (SSSR count). The third-order valence-electron chi connectivity index (χ3n) is 4.80. The third-order valence-corrected chi connectivity index (χ3v) is 4.80. The molecule has 3 heteroatoms. The lowest BCUT2D eigenvalue weighted by molar-refractivity contribution is -0.121. The first kappa shape index (κ1) is 23.4. The Hall–Kier alpha value is -0.570. The fourth-order valence-electron chi connectivity index (χ4n) is 3.14. The van der Waals surface area contributed by atoms with E-state index < -0.39 is 0 Å². The smallest absolute Gasteiger partial charge is 0.233 e. The Morgan fingerprint density at radius 2 is 1.04 bits per heavy atom. The monoisotopic (exact) mass is 340 g/mol. The molecule has 0 radical (unpaired) electrons. The minimum absolute atomic E-state index is 0.154. The molecule has 0 aliphatic heterocycles. The first-order chi connectivity index (χ1) is 11.7. The lowest BCUT2D eigenvalue weighted by atomic mass is 10.1. The van der Waals surface area contributed by atoms with Crippen LogP contribution in [0.5, 0.6) is 0 Å². The topological polar surface area (TPSA) is 32.3 Å². The molecule has 0 aromatic rings. The van der Waals surface area contributed by atoms with E-state index in [4.69, 9.17) is 0 Å². The number of hydrogen-bond donors (Lipinski definition) is 1. The number of likely N-dealkylation sites (N-methyl/N-ethyl adjacent to an activating group) is 1. The molecule has 0 spiro atoms. The van der Waals surface area contributed by atoms with Gasteiger partial charge in [0, 0.05) is 7.05 Å². The van der Waals surface area contributed by atoms with Gasteiger partial charge in [-0.2, -0.15) is 0 Å². The van der Waals surface area contributed by atoms with Crippen molar-refractivity contribution in [3.63, 3.8) is 0 Å². The highest BCUT2D eigenvalue weighted by molar-refractivity contribution is 5.77. The zero-order valence-electron chi connectivity index (χ0n) is 16.9. The zero-order chi connectivity index (χ0) is 17.9. The lowest BCUT2D eigenvalue weighted by Crippen LogP contribution is -2.36. The van der Waals surface area contributed by atoms with Crippen molar-refractivity contribution in [1.82, 2.24) is 10.2 Å². The minimum Gasteiger partial charge on any atom is -0.358 e. The van der Waals surface area contributed by atoms with Crippen LogP contribution in [0.1, 0.15) is 104 Å². The predicted octanol–water partition coefficient (Wildman–Crippen LogP) is 5.54. The van der Waals surface area contributed by atoms with E-state index in [9.17, 15) is 4.79 Å². The van der Waals surface area contributed by atoms with Gasteiger partial charge >= 0.3 is 0 Å². The van der Waals surface area contributed by atoms with E-state index in [1.807, 2.05) is 0 Å². The van der Waals surface area contributed by atoms with Crippen molar-refractivity contribution in [3.05, 3.63) is 0 Å². The summed E-state index contributed by atoms with van der Waals surface area (Å²) >= 11 is 0. The molecule has 1 amide bonds. The average molecular weight is 341 g/mol. The summed E-state index contributed by atoms with van der Waals surface area (Å²) in [4.78, 5) is 14.0. The summed E-state index contributed by atoms with van der Waals surface area (Å²) in [5.41, 5.74) is 0. The number of amides is 1. The predicted molar refractivity (Wildman–Crippen MR) is 106 cm³/mol. The molecule has 0 aliphatic rings. The molecule has 0 bridgehead atoms. The van der Waals surface area contributed by atoms with Gasteiger partial charge in [0.1, 0.15) is 0 Å². The highest BCUT2D eigenvalue weighted by atomic mass is 16.1. The normalized spacial score (nSPS) is 11.2. The molecule has 3 nitrogen and oxygen atoms in total. The van der Waals surface area contributed by atoms with Gasteiger partial charge in [-0.05, 0) is 25.9 Å². The van der Waals surface area contributed by atoms with E-state index in [0.29, 0.717) is 6.54 Å². The third kappa shape index (κ3) is 16.3. The van der Waals surface area contributed by atoms with Gasteiger partial charge in [-0.25, -0.2) is 0 Å². The zero-order valence-corrected chi connectivity index (χ0v) is 16.9. The van der Waals surface area contributed by atoms with Crippen LogP contribution in [-0.2, 0) is 4.79 Å². The highest BCUT2D eigenvalue weighted by Crippen LogP contribution is 2.10. The van der Waals surface area contributed by atoms with Crippen LogP contribution < -0.4 is 5.32 Å². The first-order valence-electron chi connectivity index (χ1n) is 10.7. The second-order valence-electron chi connectivity index (χ2n) is 7.19. The van der Waals surface area contributed by atoms with Crippen molar-refractivity contribution in [2.75, 3.05) is 26.7 Å². The molecule has 144 valence electrons. The van der Waals surface area contributed by atoms with Crippen LogP contribution in [0.25, 0.3) is 0 Å². The molecule has 24 heavy (non-hydrogen) atoms. The van der Waals surface area contributed by atoms with Gasteiger partial charge in [0.05, 0.1) is 6.54 Å². The Balaban J connectivity index is 3.75. The fraction of sp³-hybridized carbons (Fsp3) is 0.952. The van der Waals surface area contributed by atoms with Crippen molar-refractivity contribution >= 4 is 5.91 Å². The number of unbranched alkanes of at least 4 members (excludes halogenated alkanes) is 12. The van der Waals surface area contributed by atoms with E-state index in [1.54, 1.807) is 7.05 Å². The van der Waals surface area contributed by atoms with E-state index in [-0.39, 0.29) is 5.91 Å². The number of nitrogens with one attached hydrogen (secondary N) is 1. The average Bonchev–Trinajstić information content (AvgIpc) is 2.59. The molecule has 0 aromatic carbocycles. The van der Waals surface area contributed by atoms with Crippen molar-refractivity contribution < 1.29 is 4.79 Å². The van der Waals surface area contributed by atoms with Crippen molar-refractivity contribution in [3.8, 4) is 0 Å². The van der Waals surface area contributed by atoms with E-state index >= 15 is 0 Å². The largest absolute Gasteiger partial charge is 0.358 e. The van der Waals surface area contributed by atoms with E-state index in [1.165, 1.54) is 89.9 Å². The summed E-state index contributed by atoms with van der Waals surface area (Å²) in [6.07, 6.45) is 18.7. The van der Waals surface area contributed by atoms with E-state index in [0.717, 1.165) is 13.1 Å². The Kier molecular flexibility index (Phi) is 18.3. The highest BCUT2D eigenvalue weighted by Gasteiger charge is 2.09. The summed E-state index contributed by atoms with van der Waals surface area (Å²) in [5.74, 6) is 0.154. The van der Waals surface area contributed by atoms with Crippen LogP contribution in [0.15, 0.2) is 0 Å². The van der Waals surface area contributed by atoms with Gasteiger partial charge in [-0.15, -0.1) is 0 Å². The van der Waals surface area contributed by atoms with Crippen LogP contribution in [0.2, 0.25) is 0 Å². The summed E-state index contributed by atoms with van der Waals surface area (Å²) in [5, 5.41) is 2.76. The van der Waals surface area contributed by atoms with Crippen molar-refractivity contribution in [2.24, 2.45) is 0 Å². The number of carbonyl (C=O) groups excluding carboxylic acids is 1. The molecule has 0 saturated carbocycles. The van der Waals surface area contributed by atoms with Crippen LogP contribution in [0.3, 0.4) is 0 Å². The number of hydrogen-bond acceptors (Lipinski definition) is 2. The Morgan fingerprint density at radius 3 is 1.42 bits per heavy atom. The second kappa shape index (κ2) is 18.8. The Labute approximate surface area is 152 Å². The van der Waals surface area contributed by atoms with Crippen molar-refractivity contribution in [1.29, 1.82) is 0 Å². The summed E-state index contributed by atoms with van der Waals surface area (Å²) in [6.45, 7) is 7.26.